The Morgan fingerprint density at radius 3 is 2.72 bits per heavy atom. The number of carbonyl (C=O) groups excluding carboxylic acids is 2. The molecular weight excluding hydrogens is 428 g/mol. The van der Waals surface area contributed by atoms with Gasteiger partial charge in [-0.15, -0.1) is 0 Å². The largest absolute Gasteiger partial charge is 0.497 e. The molecule has 0 radical (unpaired) electrons. The van der Waals surface area contributed by atoms with E-state index in [2.05, 4.69) is 15.3 Å². The molecule has 1 N–H and O–H groups in total. The molecule has 2 aliphatic heterocycles. The van der Waals surface area contributed by atoms with Crippen molar-refractivity contribution in [1.29, 1.82) is 0 Å². The summed E-state index contributed by atoms with van der Waals surface area (Å²) in [5.74, 6) is 1.36. The molecule has 0 aromatic heterocycles. The van der Waals surface area contributed by atoms with Gasteiger partial charge in [0.2, 0.25) is 5.91 Å². The second-order valence-corrected chi connectivity index (χ2v) is 8.45. The van der Waals surface area contributed by atoms with E-state index in [0.717, 1.165) is 11.3 Å². The molecule has 0 bridgehead atoms. The van der Waals surface area contributed by atoms with Crippen LogP contribution in [-0.4, -0.2) is 53.2 Å². The number of amidine groups is 2. The highest BCUT2D eigenvalue weighted by molar-refractivity contribution is 8.15. The molecule has 2 heterocycles. The number of anilines is 1. The molecular formula is C23H24N4O4S. The maximum Gasteiger partial charge on any atom is 0.258 e. The van der Waals surface area contributed by atoms with Gasteiger partial charge in [0.15, 0.2) is 5.17 Å². The van der Waals surface area contributed by atoms with Crippen molar-refractivity contribution in [3.05, 3.63) is 48.0 Å². The number of amides is 2. The van der Waals surface area contributed by atoms with Crippen LogP contribution in [0, 0.1) is 0 Å². The van der Waals surface area contributed by atoms with Crippen LogP contribution >= 0.6 is 11.8 Å². The van der Waals surface area contributed by atoms with Crippen LogP contribution in [-0.2, 0) is 9.59 Å². The summed E-state index contributed by atoms with van der Waals surface area (Å²) in [5, 5.41) is 2.91. The molecule has 2 amide bonds. The lowest BCUT2D eigenvalue weighted by Crippen LogP contribution is -2.42. The summed E-state index contributed by atoms with van der Waals surface area (Å²) in [6.45, 7) is 3.68. The number of hydrogen-bond acceptors (Lipinski definition) is 7. The Labute approximate surface area is 190 Å². The quantitative estimate of drug-likeness (QED) is 0.719. The summed E-state index contributed by atoms with van der Waals surface area (Å²) in [5.41, 5.74) is 2.09. The van der Waals surface area contributed by atoms with E-state index < -0.39 is 11.3 Å². The number of thioether (sulfide) groups is 1. The van der Waals surface area contributed by atoms with Gasteiger partial charge in [-0.25, -0.2) is 9.89 Å². The molecule has 0 saturated heterocycles. The summed E-state index contributed by atoms with van der Waals surface area (Å²) in [6.07, 6.45) is 0.541. The van der Waals surface area contributed by atoms with Crippen molar-refractivity contribution in [2.45, 2.75) is 31.6 Å². The van der Waals surface area contributed by atoms with Gasteiger partial charge in [0, 0.05) is 11.6 Å². The second-order valence-electron chi connectivity index (χ2n) is 7.28. The van der Waals surface area contributed by atoms with Crippen LogP contribution in [0.15, 0.2) is 52.4 Å². The molecule has 2 aromatic carbocycles. The summed E-state index contributed by atoms with van der Waals surface area (Å²) < 4.78 is 10.6. The SMILES string of the molecule is CC[C@H](SC1=Nc2ccccc2C2=N[C@@H](C)C(=O)N12)C(=O)Nc1ccc(OC)cc1OC. The van der Waals surface area contributed by atoms with E-state index >= 15 is 0 Å². The van der Waals surface area contributed by atoms with Crippen LogP contribution in [0.1, 0.15) is 25.8 Å². The molecule has 0 fully saturated rings. The Morgan fingerprint density at radius 1 is 1.22 bits per heavy atom. The minimum absolute atomic E-state index is 0.146. The smallest absolute Gasteiger partial charge is 0.258 e. The summed E-state index contributed by atoms with van der Waals surface area (Å²) in [7, 11) is 3.10. The van der Waals surface area contributed by atoms with Crippen molar-refractivity contribution in [2.24, 2.45) is 9.98 Å². The predicted molar refractivity (Wildman–Crippen MR) is 126 cm³/mol. The fraction of sp³-hybridized carbons (Fsp3) is 0.304. The fourth-order valence-corrected chi connectivity index (χ4v) is 4.54. The molecule has 32 heavy (non-hydrogen) atoms. The Hall–Kier alpha value is -3.33. The van der Waals surface area contributed by atoms with E-state index in [9.17, 15) is 9.59 Å². The van der Waals surface area contributed by atoms with Crippen molar-refractivity contribution in [1.82, 2.24) is 4.90 Å². The molecule has 8 nitrogen and oxygen atoms in total. The van der Waals surface area contributed by atoms with Gasteiger partial charge >= 0.3 is 0 Å². The van der Waals surface area contributed by atoms with E-state index in [-0.39, 0.29) is 11.8 Å². The minimum atomic E-state index is -0.487. The van der Waals surface area contributed by atoms with Crippen LogP contribution in [0.3, 0.4) is 0 Å². The zero-order chi connectivity index (χ0) is 22.8. The average molecular weight is 453 g/mol. The van der Waals surface area contributed by atoms with Gasteiger partial charge in [0.1, 0.15) is 23.4 Å². The maximum atomic E-state index is 13.1. The molecule has 9 heteroatoms. The number of nitrogens with one attached hydrogen (secondary N) is 1. The van der Waals surface area contributed by atoms with Crippen molar-refractivity contribution in [2.75, 3.05) is 19.5 Å². The average Bonchev–Trinajstić information content (AvgIpc) is 3.12. The zero-order valence-electron chi connectivity index (χ0n) is 18.3. The highest BCUT2D eigenvalue weighted by atomic mass is 32.2. The topological polar surface area (TPSA) is 92.6 Å². The lowest BCUT2D eigenvalue weighted by atomic mass is 10.1. The van der Waals surface area contributed by atoms with Crippen LogP contribution in [0.5, 0.6) is 11.5 Å². The van der Waals surface area contributed by atoms with E-state index in [1.54, 1.807) is 32.2 Å². The normalized spacial score (nSPS) is 17.7. The van der Waals surface area contributed by atoms with Crippen LogP contribution < -0.4 is 14.8 Å². The van der Waals surface area contributed by atoms with Crippen LogP contribution in [0.25, 0.3) is 0 Å². The lowest BCUT2D eigenvalue weighted by Gasteiger charge is -2.27. The molecule has 0 aliphatic carbocycles. The molecule has 166 valence electrons. The number of methoxy groups -OCH3 is 2. The van der Waals surface area contributed by atoms with Gasteiger partial charge in [-0.3, -0.25) is 14.6 Å². The molecule has 2 aliphatic rings. The third-order valence-electron chi connectivity index (χ3n) is 5.24. The van der Waals surface area contributed by atoms with E-state index in [1.807, 2.05) is 31.2 Å². The van der Waals surface area contributed by atoms with Gasteiger partial charge < -0.3 is 14.8 Å². The number of fused-ring (bicyclic) bond motifs is 3. The van der Waals surface area contributed by atoms with Crippen molar-refractivity contribution >= 4 is 46.0 Å². The number of hydrogen-bond donors (Lipinski definition) is 1. The number of carbonyl (C=O) groups is 2. The first-order valence-corrected chi connectivity index (χ1v) is 11.1. The summed E-state index contributed by atoms with van der Waals surface area (Å²) >= 11 is 1.26. The fourth-order valence-electron chi connectivity index (χ4n) is 3.52. The van der Waals surface area contributed by atoms with Crippen molar-refractivity contribution in [3.63, 3.8) is 0 Å². The first-order chi connectivity index (χ1) is 15.5. The molecule has 0 saturated carbocycles. The number of benzene rings is 2. The van der Waals surface area contributed by atoms with E-state index in [1.165, 1.54) is 23.8 Å². The Morgan fingerprint density at radius 2 is 2.00 bits per heavy atom. The first kappa shape index (κ1) is 21.9. The molecule has 2 atom stereocenters. The Balaban J connectivity index is 1.60. The molecule has 2 aromatic rings. The highest BCUT2D eigenvalue weighted by Gasteiger charge is 2.40. The van der Waals surface area contributed by atoms with Crippen molar-refractivity contribution in [3.8, 4) is 11.5 Å². The minimum Gasteiger partial charge on any atom is -0.497 e. The van der Waals surface area contributed by atoms with Gasteiger partial charge in [0.05, 0.1) is 30.8 Å². The molecule has 0 spiro atoms. The van der Waals surface area contributed by atoms with Gasteiger partial charge in [-0.2, -0.15) is 0 Å². The molecule has 4 rings (SSSR count). The zero-order valence-corrected chi connectivity index (χ0v) is 19.1. The third-order valence-corrected chi connectivity index (χ3v) is 6.55. The van der Waals surface area contributed by atoms with Crippen LogP contribution in [0.2, 0.25) is 0 Å². The van der Waals surface area contributed by atoms with E-state index in [0.29, 0.717) is 34.6 Å². The number of rotatable bonds is 6. The maximum absolute atomic E-state index is 13.1. The first-order valence-electron chi connectivity index (χ1n) is 10.3. The predicted octanol–water partition coefficient (Wildman–Crippen LogP) is 3.83. The Bertz CT molecular complexity index is 1130. The number of ether oxygens (including phenoxy) is 2. The number of aliphatic imine (C=N–C) groups is 2. The monoisotopic (exact) mass is 452 g/mol. The standard InChI is InChI=1S/C23H24N4O4S/c1-5-19(21(28)25-17-11-10-14(30-3)12-18(17)31-4)32-23-26-16-9-7-6-8-15(16)20-24-13(2)22(29)27(20)23/h6-13,19H,5H2,1-4H3,(H,25,28)/t13-,19-/m0/s1. The highest BCUT2D eigenvalue weighted by Crippen LogP contribution is 2.36. The van der Waals surface area contributed by atoms with Gasteiger partial charge in [0.25, 0.3) is 5.91 Å². The Kier molecular flexibility index (Phi) is 6.18. The lowest BCUT2D eigenvalue weighted by molar-refractivity contribution is -0.124. The summed E-state index contributed by atoms with van der Waals surface area (Å²) in [4.78, 5) is 36.7. The van der Waals surface area contributed by atoms with Crippen molar-refractivity contribution < 1.29 is 19.1 Å². The second kappa shape index (κ2) is 9.04. The summed E-state index contributed by atoms with van der Waals surface area (Å²) in [6, 6.07) is 12.3. The van der Waals surface area contributed by atoms with Crippen LogP contribution in [0.4, 0.5) is 11.4 Å². The number of nitrogens with zero attached hydrogens (tertiary/aromatic N) is 3. The third kappa shape index (κ3) is 3.95. The molecule has 0 unspecified atom stereocenters. The van der Waals surface area contributed by atoms with E-state index in [4.69, 9.17) is 9.47 Å². The number of para-hydroxylation sites is 1. The van der Waals surface area contributed by atoms with Gasteiger partial charge in [-0.05, 0) is 37.6 Å². The van der Waals surface area contributed by atoms with Gasteiger partial charge in [-0.1, -0.05) is 30.8 Å².